The van der Waals surface area contributed by atoms with Crippen LogP contribution in [-0.2, 0) is 0 Å². The topological polar surface area (TPSA) is 68.0 Å². The molecule has 0 aliphatic rings. The number of nitrogens with one attached hydrogen (secondary N) is 1. The van der Waals surface area contributed by atoms with Crippen LogP contribution in [0.5, 0.6) is 0 Å². The van der Waals surface area contributed by atoms with E-state index in [-0.39, 0.29) is 23.2 Å². The minimum atomic E-state index is -0.480. The molecule has 2 rings (SSSR count). The van der Waals surface area contributed by atoms with Gasteiger partial charge in [0, 0.05) is 29.2 Å². The van der Waals surface area contributed by atoms with E-state index in [1.165, 1.54) is 12.1 Å². The molecule has 3 N–H and O–H groups in total. The summed E-state index contributed by atoms with van der Waals surface area (Å²) in [6, 6.07) is 6.10. The zero-order chi connectivity index (χ0) is 14.7. The molecule has 1 aromatic carbocycles. The van der Waals surface area contributed by atoms with Crippen molar-refractivity contribution in [1.29, 1.82) is 0 Å². The first-order valence-electron chi connectivity index (χ1n) is 6.25. The van der Waals surface area contributed by atoms with Crippen LogP contribution in [0.3, 0.4) is 0 Å². The van der Waals surface area contributed by atoms with Gasteiger partial charge in [-0.15, -0.1) is 0 Å². The summed E-state index contributed by atoms with van der Waals surface area (Å²) in [7, 11) is 0. The average Bonchev–Trinajstić information content (AvgIpc) is 2.45. The number of carbonyl (C=O) groups is 1. The third kappa shape index (κ3) is 2.93. The number of hydrogen-bond donors (Lipinski definition) is 2. The van der Waals surface area contributed by atoms with Gasteiger partial charge in [-0.25, -0.2) is 4.39 Å². The second-order valence-corrected chi connectivity index (χ2v) is 4.65. The monoisotopic (exact) mass is 273 g/mol. The maximum atomic E-state index is 13.6. The van der Waals surface area contributed by atoms with Crippen LogP contribution in [0.4, 0.5) is 10.1 Å². The second-order valence-electron chi connectivity index (χ2n) is 4.65. The number of anilines is 1. The molecule has 1 aromatic heterocycles. The molecule has 1 amide bonds. The molecule has 5 heteroatoms. The Balaban J connectivity index is 2.17. The summed E-state index contributed by atoms with van der Waals surface area (Å²) < 4.78 is 13.6. The van der Waals surface area contributed by atoms with Gasteiger partial charge in [0.05, 0.1) is 6.04 Å². The molecule has 1 heterocycles. The fraction of sp³-hybridized carbons (Fsp3) is 0.200. The van der Waals surface area contributed by atoms with Crippen molar-refractivity contribution in [2.24, 2.45) is 0 Å². The first kappa shape index (κ1) is 14.0. The number of benzene rings is 1. The number of hydrogen-bond acceptors (Lipinski definition) is 3. The van der Waals surface area contributed by atoms with Crippen molar-refractivity contribution < 1.29 is 9.18 Å². The summed E-state index contributed by atoms with van der Waals surface area (Å²) in [6.45, 7) is 3.42. The van der Waals surface area contributed by atoms with Crippen LogP contribution in [0.2, 0.25) is 0 Å². The van der Waals surface area contributed by atoms with E-state index < -0.39 is 5.82 Å². The number of amides is 1. The first-order chi connectivity index (χ1) is 9.49. The molecule has 1 unspecified atom stereocenters. The van der Waals surface area contributed by atoms with Crippen molar-refractivity contribution in [3.8, 4) is 0 Å². The number of rotatable bonds is 3. The zero-order valence-corrected chi connectivity index (χ0v) is 11.4. The van der Waals surface area contributed by atoms with Gasteiger partial charge in [-0.2, -0.15) is 0 Å². The molecular weight excluding hydrogens is 257 g/mol. The molecule has 20 heavy (non-hydrogen) atoms. The molecule has 0 fully saturated rings. The van der Waals surface area contributed by atoms with E-state index in [4.69, 9.17) is 5.73 Å². The number of nitrogens with zero attached hydrogens (tertiary/aromatic N) is 1. The van der Waals surface area contributed by atoms with Crippen LogP contribution >= 0.6 is 0 Å². The van der Waals surface area contributed by atoms with Gasteiger partial charge >= 0.3 is 0 Å². The lowest BCUT2D eigenvalue weighted by Crippen LogP contribution is -2.27. The highest BCUT2D eigenvalue weighted by molar-refractivity contribution is 5.95. The normalized spacial score (nSPS) is 11.9. The van der Waals surface area contributed by atoms with Crippen LogP contribution in [0.25, 0.3) is 0 Å². The maximum absolute atomic E-state index is 13.6. The van der Waals surface area contributed by atoms with Crippen LogP contribution in [0, 0.1) is 12.7 Å². The summed E-state index contributed by atoms with van der Waals surface area (Å²) in [5.74, 6) is -0.841. The third-order valence-corrected chi connectivity index (χ3v) is 3.20. The number of halogens is 1. The Hall–Kier alpha value is -2.43. The molecule has 0 saturated carbocycles. The predicted octanol–water partition coefficient (Wildman–Crippen LogP) is 2.60. The molecule has 0 aliphatic carbocycles. The van der Waals surface area contributed by atoms with Gasteiger partial charge in [-0.1, -0.05) is 0 Å². The van der Waals surface area contributed by atoms with Gasteiger partial charge in [0.1, 0.15) is 5.82 Å². The van der Waals surface area contributed by atoms with Gasteiger partial charge in [-0.3, -0.25) is 9.78 Å². The minimum Gasteiger partial charge on any atom is -0.398 e. The summed E-state index contributed by atoms with van der Waals surface area (Å²) >= 11 is 0. The van der Waals surface area contributed by atoms with E-state index in [0.717, 1.165) is 5.56 Å². The molecule has 2 aromatic rings. The Morgan fingerprint density at radius 2 is 2.00 bits per heavy atom. The Kier molecular flexibility index (Phi) is 3.98. The van der Waals surface area contributed by atoms with E-state index in [1.807, 2.05) is 19.1 Å². The summed E-state index contributed by atoms with van der Waals surface area (Å²) in [5.41, 5.74) is 7.43. The quantitative estimate of drug-likeness (QED) is 0.845. The fourth-order valence-electron chi connectivity index (χ4n) is 1.85. The number of nitrogens with two attached hydrogens (primary N) is 1. The predicted molar refractivity (Wildman–Crippen MR) is 75.7 cm³/mol. The van der Waals surface area contributed by atoms with Crippen LogP contribution in [0.15, 0.2) is 36.7 Å². The molecule has 0 bridgehead atoms. The smallest absolute Gasteiger partial charge is 0.251 e. The molecule has 0 radical (unpaired) electrons. The molecule has 0 aliphatic heterocycles. The van der Waals surface area contributed by atoms with Crippen molar-refractivity contribution in [2.75, 3.05) is 5.73 Å². The van der Waals surface area contributed by atoms with E-state index in [2.05, 4.69) is 10.3 Å². The van der Waals surface area contributed by atoms with Crippen molar-refractivity contribution in [1.82, 2.24) is 10.3 Å². The molecule has 1 atom stereocenters. The third-order valence-electron chi connectivity index (χ3n) is 3.20. The molecule has 104 valence electrons. The summed E-state index contributed by atoms with van der Waals surface area (Å²) in [6.07, 6.45) is 3.31. The molecular formula is C15H16FN3O. The largest absolute Gasteiger partial charge is 0.398 e. The van der Waals surface area contributed by atoms with Gasteiger partial charge in [-0.05, 0) is 43.7 Å². The van der Waals surface area contributed by atoms with E-state index >= 15 is 0 Å². The number of carbonyl (C=O) groups excluding carboxylic acids is 1. The van der Waals surface area contributed by atoms with Crippen molar-refractivity contribution in [3.63, 3.8) is 0 Å². The lowest BCUT2D eigenvalue weighted by Gasteiger charge is -2.14. The van der Waals surface area contributed by atoms with Gasteiger partial charge in [0.25, 0.3) is 5.91 Å². The lowest BCUT2D eigenvalue weighted by molar-refractivity contribution is 0.0939. The average molecular weight is 273 g/mol. The second kappa shape index (κ2) is 5.69. The van der Waals surface area contributed by atoms with E-state index in [1.54, 1.807) is 19.3 Å². The zero-order valence-electron chi connectivity index (χ0n) is 11.4. The highest BCUT2D eigenvalue weighted by Gasteiger charge is 2.14. The Bertz CT molecular complexity index is 605. The highest BCUT2D eigenvalue weighted by Crippen LogP contribution is 2.18. The van der Waals surface area contributed by atoms with Crippen molar-refractivity contribution in [3.05, 3.63) is 59.2 Å². The summed E-state index contributed by atoms with van der Waals surface area (Å²) in [4.78, 5) is 16.0. The van der Waals surface area contributed by atoms with Gasteiger partial charge in [0.2, 0.25) is 0 Å². The van der Waals surface area contributed by atoms with Crippen LogP contribution in [0.1, 0.15) is 34.5 Å². The van der Waals surface area contributed by atoms with Crippen LogP contribution in [-0.4, -0.2) is 10.9 Å². The molecule has 4 nitrogen and oxygen atoms in total. The number of aromatic nitrogens is 1. The Labute approximate surface area is 116 Å². The van der Waals surface area contributed by atoms with Crippen molar-refractivity contribution >= 4 is 11.6 Å². The van der Waals surface area contributed by atoms with Gasteiger partial charge < -0.3 is 11.1 Å². The molecule has 0 saturated heterocycles. The number of pyridine rings is 1. The Morgan fingerprint density at radius 3 is 2.60 bits per heavy atom. The van der Waals surface area contributed by atoms with Gasteiger partial charge in [0.15, 0.2) is 0 Å². The lowest BCUT2D eigenvalue weighted by atomic mass is 10.1. The van der Waals surface area contributed by atoms with E-state index in [9.17, 15) is 9.18 Å². The first-order valence-corrected chi connectivity index (χ1v) is 6.25. The van der Waals surface area contributed by atoms with E-state index in [0.29, 0.717) is 5.56 Å². The fourth-order valence-corrected chi connectivity index (χ4v) is 1.85. The maximum Gasteiger partial charge on any atom is 0.251 e. The summed E-state index contributed by atoms with van der Waals surface area (Å²) in [5, 5.41) is 2.80. The van der Waals surface area contributed by atoms with Crippen molar-refractivity contribution in [2.45, 2.75) is 19.9 Å². The SMILES string of the molecule is Cc1c(N)cc(C(=O)NC(C)c2ccncc2)cc1F. The number of nitrogen functional groups attached to an aromatic ring is 1. The molecule has 0 spiro atoms. The Morgan fingerprint density at radius 1 is 1.35 bits per heavy atom. The highest BCUT2D eigenvalue weighted by atomic mass is 19.1. The van der Waals surface area contributed by atoms with Crippen LogP contribution < -0.4 is 11.1 Å². The standard InChI is InChI=1S/C15H16FN3O/c1-9-13(16)7-12(8-14(9)17)15(20)19-10(2)11-3-5-18-6-4-11/h3-8,10H,17H2,1-2H3,(H,19,20). The minimum absolute atomic E-state index is 0.198.